The summed E-state index contributed by atoms with van der Waals surface area (Å²) in [5.41, 5.74) is 5.79. The van der Waals surface area contributed by atoms with E-state index in [1.54, 1.807) is 12.4 Å². The maximum absolute atomic E-state index is 5.79. The van der Waals surface area contributed by atoms with E-state index in [-0.39, 0.29) is 6.04 Å². The van der Waals surface area contributed by atoms with Gasteiger partial charge < -0.3 is 5.73 Å². The number of hydrogen-bond acceptors (Lipinski definition) is 5. The summed E-state index contributed by atoms with van der Waals surface area (Å²) in [7, 11) is 0. The summed E-state index contributed by atoms with van der Waals surface area (Å²) in [4.78, 5) is 13.9. The van der Waals surface area contributed by atoms with Gasteiger partial charge in [0.05, 0.1) is 17.6 Å². The van der Waals surface area contributed by atoms with Crippen LogP contribution >= 0.6 is 12.2 Å². The summed E-state index contributed by atoms with van der Waals surface area (Å²) in [5, 5.41) is 0. The molecule has 0 saturated carbocycles. The van der Waals surface area contributed by atoms with Crippen molar-refractivity contribution in [3.8, 4) is 0 Å². The molecule has 19 heavy (non-hydrogen) atoms. The molecule has 0 aromatic carbocycles. The zero-order chi connectivity index (χ0) is 13.7. The summed E-state index contributed by atoms with van der Waals surface area (Å²) >= 11 is 5.13. The lowest BCUT2D eigenvalue weighted by Gasteiger charge is -2.38. The minimum Gasteiger partial charge on any atom is -0.392 e. The van der Waals surface area contributed by atoms with Gasteiger partial charge in [-0.1, -0.05) is 19.1 Å². The molecule has 0 bridgehead atoms. The van der Waals surface area contributed by atoms with E-state index in [4.69, 9.17) is 18.0 Å². The van der Waals surface area contributed by atoms with Crippen molar-refractivity contribution in [3.63, 3.8) is 0 Å². The van der Waals surface area contributed by atoms with Crippen molar-refractivity contribution in [2.45, 2.75) is 25.9 Å². The Bertz CT molecular complexity index is 403. The minimum absolute atomic E-state index is 0.241. The highest BCUT2D eigenvalue weighted by Gasteiger charge is 2.24. The molecule has 0 amide bonds. The van der Waals surface area contributed by atoms with Crippen LogP contribution in [0.5, 0.6) is 0 Å². The van der Waals surface area contributed by atoms with E-state index < -0.39 is 0 Å². The van der Waals surface area contributed by atoms with E-state index in [9.17, 15) is 0 Å². The van der Waals surface area contributed by atoms with Gasteiger partial charge in [-0.25, -0.2) is 9.97 Å². The van der Waals surface area contributed by atoms with Gasteiger partial charge in [0, 0.05) is 38.6 Å². The van der Waals surface area contributed by atoms with Crippen LogP contribution in [0.4, 0.5) is 0 Å². The Labute approximate surface area is 119 Å². The minimum atomic E-state index is 0.241. The van der Waals surface area contributed by atoms with Gasteiger partial charge in [0.1, 0.15) is 5.82 Å². The Morgan fingerprint density at radius 3 is 2.47 bits per heavy atom. The summed E-state index contributed by atoms with van der Waals surface area (Å²) < 4.78 is 0. The van der Waals surface area contributed by atoms with Gasteiger partial charge in [0.15, 0.2) is 0 Å². The van der Waals surface area contributed by atoms with Crippen LogP contribution in [0.25, 0.3) is 0 Å². The monoisotopic (exact) mass is 279 g/mol. The molecule has 2 rings (SSSR count). The zero-order valence-electron chi connectivity index (χ0n) is 11.3. The smallest absolute Gasteiger partial charge is 0.142 e. The van der Waals surface area contributed by atoms with Gasteiger partial charge in [0.2, 0.25) is 0 Å². The van der Waals surface area contributed by atoms with Crippen molar-refractivity contribution >= 4 is 17.2 Å². The van der Waals surface area contributed by atoms with Crippen LogP contribution in [-0.4, -0.2) is 57.0 Å². The molecular formula is C13H21N5S. The molecule has 104 valence electrons. The Balaban J connectivity index is 1.84. The number of nitrogens with zero attached hydrogens (tertiary/aromatic N) is 4. The predicted molar refractivity (Wildman–Crippen MR) is 79.7 cm³/mol. The average Bonchev–Trinajstić information content (AvgIpc) is 2.42. The molecule has 1 saturated heterocycles. The topological polar surface area (TPSA) is 58.3 Å². The number of aromatic nitrogens is 2. The zero-order valence-corrected chi connectivity index (χ0v) is 12.1. The molecule has 1 fully saturated rings. The normalized spacial score (nSPS) is 19.2. The SMILES string of the molecule is CCC(C(N)=S)N1CCN(Cc2ncccn2)CC1. The summed E-state index contributed by atoms with van der Waals surface area (Å²) in [6.07, 6.45) is 4.56. The highest BCUT2D eigenvalue weighted by molar-refractivity contribution is 7.80. The van der Waals surface area contributed by atoms with Crippen molar-refractivity contribution < 1.29 is 0 Å². The fourth-order valence-electron chi connectivity index (χ4n) is 2.48. The van der Waals surface area contributed by atoms with Gasteiger partial charge in [-0.15, -0.1) is 0 Å². The van der Waals surface area contributed by atoms with E-state index in [0.717, 1.165) is 45.0 Å². The van der Waals surface area contributed by atoms with Crippen LogP contribution in [0.2, 0.25) is 0 Å². The number of nitrogens with two attached hydrogens (primary N) is 1. The number of hydrogen-bond donors (Lipinski definition) is 1. The van der Waals surface area contributed by atoms with E-state index in [1.807, 2.05) is 6.07 Å². The van der Waals surface area contributed by atoms with Crippen molar-refractivity contribution in [2.75, 3.05) is 26.2 Å². The number of rotatable bonds is 5. The highest BCUT2D eigenvalue weighted by Crippen LogP contribution is 2.11. The van der Waals surface area contributed by atoms with E-state index in [0.29, 0.717) is 4.99 Å². The maximum atomic E-state index is 5.79. The average molecular weight is 279 g/mol. The first-order valence-corrected chi connectivity index (χ1v) is 7.13. The van der Waals surface area contributed by atoms with E-state index in [2.05, 4.69) is 26.7 Å². The largest absolute Gasteiger partial charge is 0.392 e. The molecule has 0 spiro atoms. The molecule has 0 radical (unpaired) electrons. The molecule has 1 unspecified atom stereocenters. The standard InChI is InChI=1S/C13H21N5S/c1-2-11(13(14)19)18-8-6-17(7-9-18)10-12-15-4-3-5-16-12/h3-5,11H,2,6-10H2,1H3,(H2,14,19). The Morgan fingerprint density at radius 1 is 1.32 bits per heavy atom. The van der Waals surface area contributed by atoms with Gasteiger partial charge in [-0.2, -0.15) is 0 Å². The van der Waals surface area contributed by atoms with Crippen molar-refractivity contribution in [2.24, 2.45) is 5.73 Å². The van der Waals surface area contributed by atoms with Crippen molar-refractivity contribution in [1.29, 1.82) is 0 Å². The van der Waals surface area contributed by atoms with Crippen LogP contribution in [0.15, 0.2) is 18.5 Å². The molecule has 1 aromatic rings. The van der Waals surface area contributed by atoms with Gasteiger partial charge in [0.25, 0.3) is 0 Å². The van der Waals surface area contributed by atoms with E-state index >= 15 is 0 Å². The first kappa shape index (κ1) is 14.3. The summed E-state index contributed by atoms with van der Waals surface area (Å²) in [5.74, 6) is 0.886. The van der Waals surface area contributed by atoms with Crippen LogP contribution in [0.3, 0.4) is 0 Å². The first-order chi connectivity index (χ1) is 9.20. The molecule has 1 aliphatic heterocycles. The summed E-state index contributed by atoms with van der Waals surface area (Å²) in [6.45, 7) is 6.98. The fraction of sp³-hybridized carbons (Fsp3) is 0.615. The first-order valence-electron chi connectivity index (χ1n) is 6.72. The second-order valence-electron chi connectivity index (χ2n) is 4.80. The Hall–Kier alpha value is -1.11. The maximum Gasteiger partial charge on any atom is 0.142 e. The number of thiocarbonyl (C=S) groups is 1. The van der Waals surface area contributed by atoms with E-state index in [1.165, 1.54) is 0 Å². The van der Waals surface area contributed by atoms with Crippen molar-refractivity contribution in [1.82, 2.24) is 19.8 Å². The molecule has 6 heteroatoms. The molecule has 1 aliphatic rings. The Morgan fingerprint density at radius 2 is 1.95 bits per heavy atom. The second-order valence-corrected chi connectivity index (χ2v) is 5.27. The van der Waals surface area contributed by atoms with Gasteiger partial charge in [-0.3, -0.25) is 9.80 Å². The molecule has 5 nitrogen and oxygen atoms in total. The molecule has 1 aromatic heterocycles. The van der Waals surface area contributed by atoms with Gasteiger partial charge in [-0.05, 0) is 12.5 Å². The molecule has 1 atom stereocenters. The third-order valence-corrected chi connectivity index (χ3v) is 3.82. The second kappa shape index (κ2) is 6.88. The Kier molecular flexibility index (Phi) is 5.18. The lowest BCUT2D eigenvalue weighted by atomic mass is 10.1. The number of piperazine rings is 1. The highest BCUT2D eigenvalue weighted by atomic mass is 32.1. The van der Waals surface area contributed by atoms with Gasteiger partial charge >= 0.3 is 0 Å². The molecule has 2 heterocycles. The molecule has 2 N–H and O–H groups in total. The van der Waals surface area contributed by atoms with Crippen LogP contribution < -0.4 is 5.73 Å². The third kappa shape index (κ3) is 3.92. The lowest BCUT2D eigenvalue weighted by Crippen LogP contribution is -2.53. The lowest BCUT2D eigenvalue weighted by molar-refractivity contribution is 0.110. The quantitative estimate of drug-likeness (QED) is 0.799. The fourth-order valence-corrected chi connectivity index (χ4v) is 2.80. The van der Waals surface area contributed by atoms with Crippen LogP contribution in [0.1, 0.15) is 19.2 Å². The third-order valence-electron chi connectivity index (χ3n) is 3.55. The van der Waals surface area contributed by atoms with Crippen LogP contribution in [0, 0.1) is 0 Å². The molecule has 0 aliphatic carbocycles. The summed E-state index contributed by atoms with van der Waals surface area (Å²) in [6, 6.07) is 2.08. The van der Waals surface area contributed by atoms with Crippen molar-refractivity contribution in [3.05, 3.63) is 24.3 Å². The van der Waals surface area contributed by atoms with Crippen LogP contribution in [-0.2, 0) is 6.54 Å². The predicted octanol–water partition coefficient (Wildman–Crippen LogP) is 0.659. The molecular weight excluding hydrogens is 258 g/mol.